The Hall–Kier alpha value is -2.07. The molecule has 1 aliphatic rings. The normalized spacial score (nSPS) is 15.9. The van der Waals surface area contributed by atoms with Gasteiger partial charge in [0.05, 0.1) is 5.69 Å². The zero-order valence-corrected chi connectivity index (χ0v) is 18.8. The number of nitrogens with zero attached hydrogens (tertiary/aromatic N) is 2. The van der Waals surface area contributed by atoms with Crippen molar-refractivity contribution in [2.24, 2.45) is 5.92 Å². The largest absolute Gasteiger partial charge is 0.355 e. The number of carbonyl (C=O) groups is 1. The van der Waals surface area contributed by atoms with Crippen molar-refractivity contribution < 1.29 is 13.2 Å². The Morgan fingerprint density at radius 1 is 1.10 bits per heavy atom. The number of piperidine rings is 1. The van der Waals surface area contributed by atoms with Crippen LogP contribution in [0.2, 0.25) is 0 Å². The monoisotopic (exact) mass is 461 g/mol. The highest BCUT2D eigenvalue weighted by Gasteiger charge is 2.32. The fraction of sp³-hybridized carbons (Fsp3) is 0.333. The lowest BCUT2D eigenvalue weighted by Crippen LogP contribution is -2.43. The Balaban J connectivity index is 1.24. The fourth-order valence-electron chi connectivity index (χ4n) is 3.49. The molecule has 0 bridgehead atoms. The molecule has 30 heavy (non-hydrogen) atoms. The first kappa shape index (κ1) is 21.2. The fourth-order valence-corrected chi connectivity index (χ4v) is 6.96. The third kappa shape index (κ3) is 4.80. The van der Waals surface area contributed by atoms with Crippen molar-refractivity contribution in [1.29, 1.82) is 0 Å². The first-order valence-electron chi connectivity index (χ1n) is 9.85. The first-order chi connectivity index (χ1) is 14.5. The van der Waals surface area contributed by atoms with Crippen LogP contribution in [-0.4, -0.2) is 43.2 Å². The van der Waals surface area contributed by atoms with E-state index in [1.807, 2.05) is 35.7 Å². The van der Waals surface area contributed by atoms with Crippen molar-refractivity contribution in [2.45, 2.75) is 23.5 Å². The number of hydrogen-bond acceptors (Lipinski definition) is 6. The van der Waals surface area contributed by atoms with E-state index in [4.69, 9.17) is 0 Å². The van der Waals surface area contributed by atoms with Crippen LogP contribution in [0.1, 0.15) is 18.5 Å². The zero-order chi connectivity index (χ0) is 21.0. The molecule has 2 aromatic heterocycles. The van der Waals surface area contributed by atoms with E-state index in [1.165, 1.54) is 15.6 Å². The van der Waals surface area contributed by atoms with E-state index in [0.717, 1.165) is 16.3 Å². The van der Waals surface area contributed by atoms with Gasteiger partial charge in [-0.3, -0.25) is 4.79 Å². The van der Waals surface area contributed by atoms with Gasteiger partial charge in [0.25, 0.3) is 10.0 Å². The average molecular weight is 462 g/mol. The molecule has 3 heterocycles. The Labute approximate surface area is 184 Å². The second-order valence-corrected chi connectivity index (χ2v) is 11.1. The summed E-state index contributed by atoms with van der Waals surface area (Å²) in [6, 6.07) is 13.4. The zero-order valence-electron chi connectivity index (χ0n) is 16.4. The van der Waals surface area contributed by atoms with E-state index < -0.39 is 10.0 Å². The summed E-state index contributed by atoms with van der Waals surface area (Å²) in [5.74, 6) is -0.142. The van der Waals surface area contributed by atoms with Gasteiger partial charge in [-0.15, -0.1) is 22.7 Å². The van der Waals surface area contributed by atoms with E-state index >= 15 is 0 Å². The third-order valence-electron chi connectivity index (χ3n) is 5.17. The molecule has 0 unspecified atom stereocenters. The molecule has 4 rings (SSSR count). The molecule has 1 aliphatic heterocycles. The number of benzene rings is 1. The highest BCUT2D eigenvalue weighted by Crippen LogP contribution is 2.26. The predicted molar refractivity (Wildman–Crippen MR) is 120 cm³/mol. The number of thiophene rings is 1. The second-order valence-electron chi connectivity index (χ2n) is 7.16. The van der Waals surface area contributed by atoms with E-state index in [-0.39, 0.29) is 11.8 Å². The second kappa shape index (κ2) is 9.38. The summed E-state index contributed by atoms with van der Waals surface area (Å²) in [4.78, 5) is 17.2. The maximum atomic E-state index is 12.6. The van der Waals surface area contributed by atoms with Crippen molar-refractivity contribution in [3.05, 3.63) is 58.9 Å². The van der Waals surface area contributed by atoms with Gasteiger partial charge in [-0.1, -0.05) is 36.4 Å². The van der Waals surface area contributed by atoms with Gasteiger partial charge >= 0.3 is 0 Å². The van der Waals surface area contributed by atoms with Crippen LogP contribution in [0.5, 0.6) is 0 Å². The molecule has 3 aromatic rings. The smallest absolute Gasteiger partial charge is 0.252 e. The van der Waals surface area contributed by atoms with Crippen LogP contribution in [0.25, 0.3) is 10.6 Å². The first-order valence-corrected chi connectivity index (χ1v) is 13.0. The van der Waals surface area contributed by atoms with Gasteiger partial charge in [0.15, 0.2) is 0 Å². The predicted octanol–water partition coefficient (Wildman–Crippen LogP) is 3.63. The van der Waals surface area contributed by atoms with Crippen LogP contribution in [0.15, 0.2) is 57.4 Å². The van der Waals surface area contributed by atoms with Crippen molar-refractivity contribution in [3.8, 4) is 10.6 Å². The lowest BCUT2D eigenvalue weighted by molar-refractivity contribution is -0.126. The molecule has 1 fully saturated rings. The van der Waals surface area contributed by atoms with Gasteiger partial charge in [-0.25, -0.2) is 13.4 Å². The third-order valence-corrected chi connectivity index (χ3v) is 9.38. The summed E-state index contributed by atoms with van der Waals surface area (Å²) in [5, 5.41) is 7.77. The molecule has 0 spiro atoms. The number of aromatic nitrogens is 1. The van der Waals surface area contributed by atoms with Crippen molar-refractivity contribution in [2.75, 3.05) is 19.6 Å². The van der Waals surface area contributed by atoms with Gasteiger partial charge in [-0.2, -0.15) is 4.31 Å². The van der Waals surface area contributed by atoms with Gasteiger partial charge in [-0.05, 0) is 24.3 Å². The molecule has 1 aromatic carbocycles. The summed E-state index contributed by atoms with van der Waals surface area (Å²) in [7, 11) is -3.43. The molecule has 6 nitrogen and oxygen atoms in total. The molecule has 0 saturated carbocycles. The van der Waals surface area contributed by atoms with Crippen LogP contribution in [-0.2, 0) is 21.2 Å². The molecule has 158 valence electrons. The molecular formula is C21H23N3O3S3. The van der Waals surface area contributed by atoms with Crippen molar-refractivity contribution in [3.63, 3.8) is 0 Å². The van der Waals surface area contributed by atoms with Gasteiger partial charge in [0.2, 0.25) is 5.91 Å². The van der Waals surface area contributed by atoms with Crippen molar-refractivity contribution >= 4 is 38.6 Å². The minimum atomic E-state index is -3.43. The summed E-state index contributed by atoms with van der Waals surface area (Å²) >= 11 is 2.83. The lowest BCUT2D eigenvalue weighted by atomic mass is 9.97. The highest BCUT2D eigenvalue weighted by atomic mass is 32.2. The summed E-state index contributed by atoms with van der Waals surface area (Å²) in [6.07, 6.45) is 1.78. The molecule has 1 saturated heterocycles. The molecule has 0 atom stereocenters. The molecule has 1 amide bonds. The minimum Gasteiger partial charge on any atom is -0.355 e. The van der Waals surface area contributed by atoms with Crippen LogP contribution in [0, 0.1) is 5.92 Å². The van der Waals surface area contributed by atoms with Crippen LogP contribution >= 0.6 is 22.7 Å². The highest BCUT2D eigenvalue weighted by molar-refractivity contribution is 7.91. The van der Waals surface area contributed by atoms with Crippen LogP contribution < -0.4 is 5.32 Å². The SMILES string of the molecule is O=C(NCCc1csc(-c2ccccc2)n1)C1CCN(S(=O)(=O)c2cccs2)CC1. The van der Waals surface area contributed by atoms with E-state index in [9.17, 15) is 13.2 Å². The van der Waals surface area contributed by atoms with E-state index in [2.05, 4.69) is 10.3 Å². The summed E-state index contributed by atoms with van der Waals surface area (Å²) < 4.78 is 27.0. The number of thiazole rings is 1. The Morgan fingerprint density at radius 2 is 1.87 bits per heavy atom. The number of nitrogens with one attached hydrogen (secondary N) is 1. The Kier molecular flexibility index (Phi) is 6.62. The topological polar surface area (TPSA) is 79.4 Å². The quantitative estimate of drug-likeness (QED) is 0.583. The number of hydrogen-bond donors (Lipinski definition) is 1. The molecule has 1 N–H and O–H groups in total. The van der Waals surface area contributed by atoms with Gasteiger partial charge < -0.3 is 5.32 Å². The average Bonchev–Trinajstić information content (AvgIpc) is 3.47. The summed E-state index contributed by atoms with van der Waals surface area (Å²) in [6.45, 7) is 1.29. The summed E-state index contributed by atoms with van der Waals surface area (Å²) in [5.41, 5.74) is 2.07. The van der Waals surface area contributed by atoms with Crippen LogP contribution in [0.4, 0.5) is 0 Å². The van der Waals surface area contributed by atoms with E-state index in [0.29, 0.717) is 43.1 Å². The standard InChI is InChI=1S/C21H23N3O3S3/c25-20(16-9-12-24(13-10-16)30(26,27)19-7-4-14-28-19)22-11-8-18-15-29-21(23-18)17-5-2-1-3-6-17/h1-7,14-16H,8-13H2,(H,22,25). The number of carbonyl (C=O) groups excluding carboxylic acids is 1. The van der Waals surface area contributed by atoms with Crippen molar-refractivity contribution in [1.82, 2.24) is 14.6 Å². The maximum absolute atomic E-state index is 12.6. The molecular weight excluding hydrogens is 438 g/mol. The number of amides is 1. The van der Waals surface area contributed by atoms with Gasteiger partial charge in [0.1, 0.15) is 9.22 Å². The molecule has 0 radical (unpaired) electrons. The number of rotatable bonds is 7. The maximum Gasteiger partial charge on any atom is 0.252 e. The Bertz CT molecular complexity index is 1070. The van der Waals surface area contributed by atoms with Gasteiger partial charge in [0, 0.05) is 42.9 Å². The van der Waals surface area contributed by atoms with E-state index in [1.54, 1.807) is 28.8 Å². The lowest BCUT2D eigenvalue weighted by Gasteiger charge is -2.30. The number of sulfonamides is 1. The van der Waals surface area contributed by atoms with Crippen LogP contribution in [0.3, 0.4) is 0 Å². The molecule has 9 heteroatoms. The minimum absolute atomic E-state index is 0.00156. The molecule has 0 aliphatic carbocycles. The Morgan fingerprint density at radius 3 is 2.57 bits per heavy atom.